The van der Waals surface area contributed by atoms with Crippen molar-refractivity contribution in [3.05, 3.63) is 23.8 Å². The zero-order chi connectivity index (χ0) is 17.6. The number of benzene rings is 1. The molecule has 0 spiro atoms. The number of aliphatic imine (C=N–C) groups is 1. The molecule has 4 rings (SSSR count). The first-order valence-electron chi connectivity index (χ1n) is 8.95. The normalized spacial score (nSPS) is 29.1. The molecule has 0 amide bonds. The molecule has 6 nitrogen and oxygen atoms in total. The van der Waals surface area contributed by atoms with E-state index in [-0.39, 0.29) is 5.41 Å². The summed E-state index contributed by atoms with van der Waals surface area (Å²) < 4.78 is 16.7. The maximum Gasteiger partial charge on any atom is 0.231 e. The highest BCUT2D eigenvalue weighted by Crippen LogP contribution is 2.52. The molecule has 2 heterocycles. The molecule has 1 aromatic rings. The molecular formula is C19H27N3O3. The van der Waals surface area contributed by atoms with Gasteiger partial charge < -0.3 is 24.4 Å². The molecule has 0 bridgehead atoms. The molecule has 3 atom stereocenters. The van der Waals surface area contributed by atoms with Crippen LogP contribution in [0.4, 0.5) is 0 Å². The third kappa shape index (κ3) is 2.72. The molecule has 3 unspecified atom stereocenters. The van der Waals surface area contributed by atoms with E-state index in [0.717, 1.165) is 37.0 Å². The van der Waals surface area contributed by atoms with E-state index in [9.17, 15) is 0 Å². The van der Waals surface area contributed by atoms with Gasteiger partial charge in [0.2, 0.25) is 6.79 Å². The van der Waals surface area contributed by atoms with Crippen LogP contribution in [-0.4, -0.2) is 50.5 Å². The summed E-state index contributed by atoms with van der Waals surface area (Å²) in [6, 6.07) is 6.49. The van der Waals surface area contributed by atoms with Crippen molar-refractivity contribution in [2.24, 2.45) is 16.3 Å². The fourth-order valence-electron chi connectivity index (χ4n) is 4.49. The lowest BCUT2D eigenvalue weighted by atomic mass is 9.57. The van der Waals surface area contributed by atoms with Crippen molar-refractivity contribution < 1.29 is 14.2 Å². The molecular weight excluding hydrogens is 318 g/mol. The fourth-order valence-corrected chi connectivity index (χ4v) is 4.49. The van der Waals surface area contributed by atoms with Crippen LogP contribution in [0.25, 0.3) is 0 Å². The molecule has 1 aromatic carbocycles. The number of hydrogen-bond donors (Lipinski definition) is 1. The SMILES string of the molecule is CN=C(NC1C2CCOC2C1(C)C)N(C)Cc1ccc2c(c1)OCO2. The van der Waals surface area contributed by atoms with Crippen molar-refractivity contribution in [2.75, 3.05) is 27.5 Å². The van der Waals surface area contributed by atoms with E-state index in [1.54, 1.807) is 0 Å². The van der Waals surface area contributed by atoms with Gasteiger partial charge in [0.05, 0.1) is 6.10 Å². The standard InChI is InChI=1S/C19H27N3O3/c1-19(2)16(13-7-8-23-17(13)19)21-18(20-3)22(4)10-12-5-6-14-15(9-12)25-11-24-14/h5-6,9,13,16-17H,7-8,10-11H2,1-4H3,(H,20,21). The van der Waals surface area contributed by atoms with E-state index < -0.39 is 0 Å². The van der Waals surface area contributed by atoms with Crippen molar-refractivity contribution in [2.45, 2.75) is 39.0 Å². The van der Waals surface area contributed by atoms with E-state index in [0.29, 0.717) is 24.9 Å². The largest absolute Gasteiger partial charge is 0.454 e. The Balaban J connectivity index is 1.43. The van der Waals surface area contributed by atoms with Gasteiger partial charge in [-0.05, 0) is 24.1 Å². The summed E-state index contributed by atoms with van der Waals surface area (Å²) in [4.78, 5) is 6.64. The van der Waals surface area contributed by atoms with Gasteiger partial charge in [-0.25, -0.2) is 0 Å². The van der Waals surface area contributed by atoms with Crippen molar-refractivity contribution >= 4 is 5.96 Å². The van der Waals surface area contributed by atoms with Gasteiger partial charge in [0.15, 0.2) is 17.5 Å². The second-order valence-corrected chi connectivity index (χ2v) is 7.78. The highest BCUT2D eigenvalue weighted by molar-refractivity contribution is 5.80. The number of guanidine groups is 1. The number of hydrogen-bond acceptors (Lipinski definition) is 4. The van der Waals surface area contributed by atoms with Gasteiger partial charge in [0.1, 0.15) is 0 Å². The van der Waals surface area contributed by atoms with Gasteiger partial charge in [-0.3, -0.25) is 4.99 Å². The van der Waals surface area contributed by atoms with Crippen LogP contribution in [0.5, 0.6) is 11.5 Å². The molecule has 3 aliphatic rings. The number of nitrogens with zero attached hydrogens (tertiary/aromatic N) is 2. The van der Waals surface area contributed by atoms with E-state index >= 15 is 0 Å². The minimum absolute atomic E-state index is 0.136. The third-order valence-corrected chi connectivity index (χ3v) is 5.82. The Morgan fingerprint density at radius 1 is 1.32 bits per heavy atom. The van der Waals surface area contributed by atoms with Gasteiger partial charge in [-0.15, -0.1) is 0 Å². The summed E-state index contributed by atoms with van der Waals surface area (Å²) in [5.74, 6) is 3.14. The van der Waals surface area contributed by atoms with Crippen LogP contribution in [0.2, 0.25) is 0 Å². The molecule has 2 aliphatic heterocycles. The molecule has 1 saturated heterocycles. The molecule has 0 aromatic heterocycles. The molecule has 1 saturated carbocycles. The molecule has 6 heteroatoms. The predicted molar refractivity (Wildman–Crippen MR) is 95.9 cm³/mol. The number of rotatable bonds is 3. The highest BCUT2D eigenvalue weighted by atomic mass is 16.7. The fraction of sp³-hybridized carbons (Fsp3) is 0.632. The first-order chi connectivity index (χ1) is 12.0. The maximum absolute atomic E-state index is 5.89. The minimum Gasteiger partial charge on any atom is -0.454 e. The monoisotopic (exact) mass is 345 g/mol. The van der Waals surface area contributed by atoms with Gasteiger partial charge in [-0.1, -0.05) is 19.9 Å². The summed E-state index contributed by atoms with van der Waals surface area (Å²) in [6.07, 6.45) is 1.51. The molecule has 1 aliphatic carbocycles. The van der Waals surface area contributed by atoms with Crippen molar-refractivity contribution in [3.63, 3.8) is 0 Å². The number of nitrogens with one attached hydrogen (secondary N) is 1. The lowest BCUT2D eigenvalue weighted by Gasteiger charge is -2.55. The molecule has 0 radical (unpaired) electrons. The summed E-state index contributed by atoms with van der Waals surface area (Å²) in [6.45, 7) is 6.50. The topological polar surface area (TPSA) is 55.3 Å². The first-order valence-corrected chi connectivity index (χ1v) is 8.95. The Morgan fingerprint density at radius 2 is 2.12 bits per heavy atom. The lowest BCUT2D eigenvalue weighted by molar-refractivity contribution is -0.107. The van der Waals surface area contributed by atoms with E-state index in [1.165, 1.54) is 5.56 Å². The quantitative estimate of drug-likeness (QED) is 0.673. The maximum atomic E-state index is 5.89. The van der Waals surface area contributed by atoms with Crippen molar-refractivity contribution in [1.82, 2.24) is 10.2 Å². The average molecular weight is 345 g/mol. The van der Waals surface area contributed by atoms with Gasteiger partial charge in [-0.2, -0.15) is 0 Å². The van der Waals surface area contributed by atoms with Gasteiger partial charge in [0, 0.05) is 44.6 Å². The highest BCUT2D eigenvalue weighted by Gasteiger charge is 2.59. The molecule has 136 valence electrons. The van der Waals surface area contributed by atoms with E-state index in [2.05, 4.69) is 42.2 Å². The number of fused-ring (bicyclic) bond motifs is 2. The second-order valence-electron chi connectivity index (χ2n) is 7.78. The summed E-state index contributed by atoms with van der Waals surface area (Å²) in [7, 11) is 3.90. The Hall–Kier alpha value is -1.95. The van der Waals surface area contributed by atoms with Crippen LogP contribution in [-0.2, 0) is 11.3 Å². The Labute approximate surface area is 149 Å². The van der Waals surface area contributed by atoms with Crippen LogP contribution in [0.15, 0.2) is 23.2 Å². The van der Waals surface area contributed by atoms with Crippen LogP contribution < -0.4 is 14.8 Å². The average Bonchev–Trinajstić information content (AvgIpc) is 3.22. The Bertz CT molecular complexity index is 688. The lowest BCUT2D eigenvalue weighted by Crippen LogP contribution is -2.67. The minimum atomic E-state index is 0.136. The zero-order valence-electron chi connectivity index (χ0n) is 15.4. The molecule has 2 fully saturated rings. The Kier molecular flexibility index (Phi) is 4.02. The zero-order valence-corrected chi connectivity index (χ0v) is 15.4. The van der Waals surface area contributed by atoms with E-state index in [1.807, 2.05) is 19.2 Å². The second kappa shape index (κ2) is 6.09. The molecule has 1 N–H and O–H groups in total. The Morgan fingerprint density at radius 3 is 2.92 bits per heavy atom. The smallest absolute Gasteiger partial charge is 0.231 e. The van der Waals surface area contributed by atoms with Crippen molar-refractivity contribution in [3.8, 4) is 11.5 Å². The predicted octanol–water partition coefficient (Wildman–Crippen LogP) is 2.24. The van der Waals surface area contributed by atoms with Gasteiger partial charge >= 0.3 is 0 Å². The number of ether oxygens (including phenoxy) is 3. The summed E-state index contributed by atoms with van der Waals surface area (Å²) >= 11 is 0. The third-order valence-electron chi connectivity index (χ3n) is 5.82. The first kappa shape index (κ1) is 16.5. The molecule has 25 heavy (non-hydrogen) atoms. The van der Waals surface area contributed by atoms with Crippen LogP contribution in [0.1, 0.15) is 25.8 Å². The van der Waals surface area contributed by atoms with Crippen molar-refractivity contribution in [1.29, 1.82) is 0 Å². The van der Waals surface area contributed by atoms with Gasteiger partial charge in [0.25, 0.3) is 0 Å². The van der Waals surface area contributed by atoms with Crippen LogP contribution >= 0.6 is 0 Å². The van der Waals surface area contributed by atoms with Crippen LogP contribution in [0.3, 0.4) is 0 Å². The van der Waals surface area contributed by atoms with Crippen LogP contribution in [0, 0.1) is 11.3 Å². The summed E-state index contributed by atoms with van der Waals surface area (Å²) in [5, 5.41) is 3.68. The van der Waals surface area contributed by atoms with E-state index in [4.69, 9.17) is 14.2 Å². The summed E-state index contributed by atoms with van der Waals surface area (Å²) in [5.41, 5.74) is 1.31.